The van der Waals surface area contributed by atoms with Crippen molar-refractivity contribution in [3.05, 3.63) is 70.6 Å². The molecule has 3 rings (SSSR count). The molecule has 0 bridgehead atoms. The number of nitro groups is 1. The van der Waals surface area contributed by atoms with Crippen molar-refractivity contribution in [1.82, 2.24) is 9.88 Å². The first-order valence-electron chi connectivity index (χ1n) is 7.52. The van der Waals surface area contributed by atoms with Gasteiger partial charge in [-0.3, -0.25) is 15.0 Å². The lowest BCUT2D eigenvalue weighted by molar-refractivity contribution is -0.384. The number of benzene rings is 1. The van der Waals surface area contributed by atoms with Crippen LogP contribution < -0.4 is 0 Å². The van der Waals surface area contributed by atoms with Crippen molar-refractivity contribution in [1.29, 1.82) is 0 Å². The fraction of sp³-hybridized carbons (Fsp3) is 0.235. The summed E-state index contributed by atoms with van der Waals surface area (Å²) in [5, 5.41) is 10.8. The van der Waals surface area contributed by atoms with Gasteiger partial charge in [0.25, 0.3) is 5.69 Å². The van der Waals surface area contributed by atoms with Gasteiger partial charge in [-0.1, -0.05) is 12.1 Å². The van der Waals surface area contributed by atoms with Gasteiger partial charge in [0.15, 0.2) is 11.7 Å². The second-order valence-electron chi connectivity index (χ2n) is 5.49. The third-order valence-corrected chi connectivity index (χ3v) is 3.61. The minimum Gasteiger partial charge on any atom is -0.468 e. The van der Waals surface area contributed by atoms with Gasteiger partial charge in [0.2, 0.25) is 0 Å². The SMILES string of the molecule is CN(CCc1ncc(-c2cccc([N+](=O)[O-])c2)o1)Cc1ccco1. The highest BCUT2D eigenvalue weighted by Gasteiger charge is 2.12. The molecule has 24 heavy (non-hydrogen) atoms. The van der Waals surface area contributed by atoms with Gasteiger partial charge in [-0.2, -0.15) is 0 Å². The Bertz CT molecular complexity index is 811. The molecule has 0 saturated heterocycles. The van der Waals surface area contributed by atoms with Crippen LogP contribution in [0.1, 0.15) is 11.7 Å². The molecule has 0 atom stereocenters. The lowest BCUT2D eigenvalue weighted by Crippen LogP contribution is -2.20. The van der Waals surface area contributed by atoms with Crippen molar-refractivity contribution in [2.45, 2.75) is 13.0 Å². The molecule has 124 valence electrons. The fourth-order valence-electron chi connectivity index (χ4n) is 2.37. The highest BCUT2D eigenvalue weighted by atomic mass is 16.6. The van der Waals surface area contributed by atoms with E-state index in [-0.39, 0.29) is 5.69 Å². The van der Waals surface area contributed by atoms with E-state index in [1.807, 2.05) is 19.2 Å². The Morgan fingerprint density at radius 2 is 2.17 bits per heavy atom. The van der Waals surface area contributed by atoms with Crippen LogP contribution in [0.3, 0.4) is 0 Å². The largest absolute Gasteiger partial charge is 0.468 e. The molecule has 7 nitrogen and oxygen atoms in total. The third-order valence-electron chi connectivity index (χ3n) is 3.61. The summed E-state index contributed by atoms with van der Waals surface area (Å²) in [6.07, 6.45) is 3.90. The quantitative estimate of drug-likeness (QED) is 0.487. The Hall–Kier alpha value is -2.93. The third kappa shape index (κ3) is 3.88. The Balaban J connectivity index is 1.61. The van der Waals surface area contributed by atoms with E-state index in [0.717, 1.165) is 12.3 Å². The number of aromatic nitrogens is 1. The zero-order chi connectivity index (χ0) is 16.9. The van der Waals surface area contributed by atoms with Crippen LogP contribution in [0.25, 0.3) is 11.3 Å². The first-order valence-corrected chi connectivity index (χ1v) is 7.52. The fourth-order valence-corrected chi connectivity index (χ4v) is 2.37. The van der Waals surface area contributed by atoms with Crippen LogP contribution in [0, 0.1) is 10.1 Å². The number of nitro benzene ring substituents is 1. The van der Waals surface area contributed by atoms with Crippen LogP contribution in [0.2, 0.25) is 0 Å². The molecule has 0 amide bonds. The second kappa shape index (κ2) is 7.10. The molecule has 0 saturated carbocycles. The van der Waals surface area contributed by atoms with Gasteiger partial charge in [-0.25, -0.2) is 4.98 Å². The predicted octanol–water partition coefficient (Wildman–Crippen LogP) is 3.52. The summed E-state index contributed by atoms with van der Waals surface area (Å²) in [5.74, 6) is 2.03. The highest BCUT2D eigenvalue weighted by Crippen LogP contribution is 2.24. The molecule has 0 aliphatic rings. The summed E-state index contributed by atoms with van der Waals surface area (Å²) in [4.78, 5) is 16.8. The molecule has 7 heteroatoms. The molecule has 0 radical (unpaired) electrons. The van der Waals surface area contributed by atoms with Gasteiger partial charge in [0.1, 0.15) is 5.76 Å². The highest BCUT2D eigenvalue weighted by molar-refractivity contribution is 5.60. The van der Waals surface area contributed by atoms with E-state index in [2.05, 4.69) is 9.88 Å². The maximum Gasteiger partial charge on any atom is 0.270 e. The minimum absolute atomic E-state index is 0.0311. The molecule has 0 N–H and O–H groups in total. The van der Waals surface area contributed by atoms with Crippen molar-refractivity contribution in [3.63, 3.8) is 0 Å². The molecule has 0 aliphatic carbocycles. The van der Waals surface area contributed by atoms with Crippen molar-refractivity contribution < 1.29 is 13.8 Å². The predicted molar refractivity (Wildman–Crippen MR) is 87.3 cm³/mol. The van der Waals surface area contributed by atoms with Crippen molar-refractivity contribution in [2.75, 3.05) is 13.6 Å². The molecule has 0 spiro atoms. The maximum atomic E-state index is 10.8. The van der Waals surface area contributed by atoms with E-state index in [4.69, 9.17) is 8.83 Å². The monoisotopic (exact) mass is 327 g/mol. The zero-order valence-corrected chi connectivity index (χ0v) is 13.2. The first kappa shape index (κ1) is 15.9. The van der Waals surface area contributed by atoms with Gasteiger partial charge in [-0.05, 0) is 19.2 Å². The summed E-state index contributed by atoms with van der Waals surface area (Å²) in [6.45, 7) is 1.47. The number of non-ortho nitro benzene ring substituents is 1. The molecular weight excluding hydrogens is 310 g/mol. The molecule has 1 aromatic carbocycles. The Morgan fingerprint density at radius 3 is 2.92 bits per heavy atom. The number of rotatable bonds is 7. The number of likely N-dealkylation sites (N-methyl/N-ethyl adjacent to an activating group) is 1. The van der Waals surface area contributed by atoms with E-state index in [1.54, 1.807) is 24.6 Å². The minimum atomic E-state index is -0.426. The van der Waals surface area contributed by atoms with Gasteiger partial charge < -0.3 is 8.83 Å². The molecule has 0 unspecified atom stereocenters. The van der Waals surface area contributed by atoms with Crippen LogP contribution in [-0.2, 0) is 13.0 Å². The summed E-state index contributed by atoms with van der Waals surface area (Å²) in [6, 6.07) is 10.1. The smallest absolute Gasteiger partial charge is 0.270 e. The standard InChI is InChI=1S/C17H17N3O4/c1-19(12-15-6-3-9-23-15)8-7-17-18-11-16(24-17)13-4-2-5-14(10-13)20(21)22/h2-6,9-11H,7-8,12H2,1H3. The van der Waals surface area contributed by atoms with Gasteiger partial charge in [0, 0.05) is 30.7 Å². The maximum absolute atomic E-state index is 10.8. The second-order valence-corrected chi connectivity index (χ2v) is 5.49. The van der Waals surface area contributed by atoms with Crippen molar-refractivity contribution in [3.8, 4) is 11.3 Å². The topological polar surface area (TPSA) is 85.5 Å². The lowest BCUT2D eigenvalue weighted by atomic mass is 10.2. The van der Waals surface area contributed by atoms with Crippen LogP contribution in [0.5, 0.6) is 0 Å². The molecular formula is C17H17N3O4. The zero-order valence-electron chi connectivity index (χ0n) is 13.2. The Kier molecular flexibility index (Phi) is 4.72. The normalized spacial score (nSPS) is 11.1. The van der Waals surface area contributed by atoms with Crippen molar-refractivity contribution in [2.24, 2.45) is 0 Å². The van der Waals surface area contributed by atoms with Gasteiger partial charge in [0.05, 0.1) is 23.9 Å². The summed E-state index contributed by atoms with van der Waals surface area (Å²) < 4.78 is 11.0. The van der Waals surface area contributed by atoms with Crippen LogP contribution >= 0.6 is 0 Å². The van der Waals surface area contributed by atoms with Gasteiger partial charge in [-0.15, -0.1) is 0 Å². The first-order chi connectivity index (χ1) is 11.6. The molecule has 3 aromatic rings. The van der Waals surface area contributed by atoms with Crippen LogP contribution in [-0.4, -0.2) is 28.4 Å². The Labute approximate surface area is 138 Å². The summed E-state index contributed by atoms with van der Waals surface area (Å²) in [5.41, 5.74) is 0.676. The van der Waals surface area contributed by atoms with Crippen molar-refractivity contribution >= 4 is 5.69 Å². The molecule has 0 aliphatic heterocycles. The Morgan fingerprint density at radius 1 is 1.29 bits per heavy atom. The number of furan rings is 1. The number of oxazole rings is 1. The molecule has 0 fully saturated rings. The summed E-state index contributed by atoms with van der Waals surface area (Å²) >= 11 is 0. The van der Waals surface area contributed by atoms with E-state index in [9.17, 15) is 10.1 Å². The van der Waals surface area contributed by atoms with E-state index < -0.39 is 4.92 Å². The van der Waals surface area contributed by atoms with Crippen LogP contribution in [0.4, 0.5) is 5.69 Å². The number of hydrogen-bond acceptors (Lipinski definition) is 6. The number of nitrogens with zero attached hydrogens (tertiary/aromatic N) is 3. The number of hydrogen-bond donors (Lipinski definition) is 0. The average Bonchev–Trinajstić information content (AvgIpc) is 3.24. The van der Waals surface area contributed by atoms with E-state index in [1.165, 1.54) is 12.1 Å². The van der Waals surface area contributed by atoms with E-state index >= 15 is 0 Å². The van der Waals surface area contributed by atoms with Gasteiger partial charge >= 0.3 is 0 Å². The van der Waals surface area contributed by atoms with Crippen LogP contribution in [0.15, 0.2) is 57.7 Å². The van der Waals surface area contributed by atoms with E-state index in [0.29, 0.717) is 30.2 Å². The lowest BCUT2D eigenvalue weighted by Gasteiger charge is -2.13. The molecule has 2 heterocycles. The summed E-state index contributed by atoms with van der Waals surface area (Å²) in [7, 11) is 1.99. The average molecular weight is 327 g/mol. The molecule has 2 aromatic heterocycles.